The zero-order chi connectivity index (χ0) is 13.1. The van der Waals surface area contributed by atoms with Gasteiger partial charge in [-0.15, -0.1) is 0 Å². The molecule has 7 heteroatoms. The van der Waals surface area contributed by atoms with Crippen LogP contribution in [0.1, 0.15) is 22.3 Å². The molecule has 1 aromatic rings. The number of nitrogens with two attached hydrogens (primary N) is 1. The summed E-state index contributed by atoms with van der Waals surface area (Å²) in [6.07, 6.45) is 3.99. The highest BCUT2D eigenvalue weighted by Crippen LogP contribution is 2.16. The molecule has 1 aromatic heterocycles. The van der Waals surface area contributed by atoms with Crippen LogP contribution in [0.3, 0.4) is 0 Å². The quantitative estimate of drug-likeness (QED) is 0.740. The first kappa shape index (κ1) is 13.6. The Morgan fingerprint density at radius 2 is 2.24 bits per heavy atom. The van der Waals surface area contributed by atoms with E-state index in [9.17, 15) is 13.2 Å². The molecule has 1 heterocycles. The Morgan fingerprint density at radius 3 is 2.71 bits per heavy atom. The summed E-state index contributed by atoms with van der Waals surface area (Å²) in [5.74, 6) is -0.693. The maximum Gasteiger partial charge on any atom is 0.250 e. The second kappa shape index (κ2) is 5.24. The monoisotopic (exact) mass is 257 g/mol. The lowest BCUT2D eigenvalue weighted by atomic mass is 10.1. The summed E-state index contributed by atoms with van der Waals surface area (Å²) in [6.45, 7) is -0.102. The first-order chi connectivity index (χ1) is 7.86. The largest absolute Gasteiger partial charge is 0.396 e. The summed E-state index contributed by atoms with van der Waals surface area (Å²) in [6, 6.07) is 1.27. The van der Waals surface area contributed by atoms with Gasteiger partial charge in [0.15, 0.2) is 14.9 Å². The minimum absolute atomic E-state index is 0.102. The van der Waals surface area contributed by atoms with Crippen molar-refractivity contribution in [1.82, 2.24) is 4.98 Å². The number of carbonyl (C=O) groups excluding carboxylic acids is 1. The number of hydrogen-bond acceptors (Lipinski definition) is 5. The van der Waals surface area contributed by atoms with Gasteiger partial charge in [-0.3, -0.25) is 4.79 Å². The van der Waals surface area contributed by atoms with Crippen LogP contribution in [0, 0.1) is 6.42 Å². The molecule has 1 radical (unpaired) electrons. The van der Waals surface area contributed by atoms with Gasteiger partial charge in [0.2, 0.25) is 0 Å². The number of primary amides is 1. The molecule has 0 aliphatic carbocycles. The summed E-state index contributed by atoms with van der Waals surface area (Å²) in [7, 11) is -3.44. The summed E-state index contributed by atoms with van der Waals surface area (Å²) < 4.78 is 22.6. The predicted molar refractivity (Wildman–Crippen MR) is 61.0 cm³/mol. The zero-order valence-corrected chi connectivity index (χ0v) is 10.1. The second-order valence-corrected chi connectivity index (χ2v) is 5.43. The van der Waals surface area contributed by atoms with E-state index in [1.807, 2.05) is 0 Å². The molecule has 6 nitrogen and oxygen atoms in total. The topological polar surface area (TPSA) is 110 Å². The van der Waals surface area contributed by atoms with Crippen molar-refractivity contribution in [3.05, 3.63) is 29.8 Å². The second-order valence-electron chi connectivity index (χ2n) is 3.46. The Labute approximate surface area is 99.4 Å². The van der Waals surface area contributed by atoms with Gasteiger partial charge in [-0.25, -0.2) is 13.4 Å². The van der Waals surface area contributed by atoms with Gasteiger partial charge in [-0.2, -0.15) is 0 Å². The fourth-order valence-corrected chi connectivity index (χ4v) is 1.83. The van der Waals surface area contributed by atoms with E-state index in [1.165, 1.54) is 12.5 Å². The van der Waals surface area contributed by atoms with Gasteiger partial charge in [0, 0.05) is 19.1 Å². The Morgan fingerprint density at radius 1 is 1.59 bits per heavy atom. The van der Waals surface area contributed by atoms with Crippen molar-refractivity contribution in [2.24, 2.45) is 5.73 Å². The maximum absolute atomic E-state index is 11.3. The average molecular weight is 257 g/mol. The van der Waals surface area contributed by atoms with Crippen LogP contribution in [0.15, 0.2) is 17.3 Å². The minimum Gasteiger partial charge on any atom is -0.396 e. The van der Waals surface area contributed by atoms with E-state index >= 15 is 0 Å². The Balaban J connectivity index is 3.24. The van der Waals surface area contributed by atoms with E-state index in [0.717, 1.165) is 12.5 Å². The van der Waals surface area contributed by atoms with Crippen LogP contribution in [-0.2, 0) is 9.84 Å². The van der Waals surface area contributed by atoms with E-state index in [0.29, 0.717) is 12.0 Å². The molecule has 93 valence electrons. The molecule has 0 saturated heterocycles. The molecule has 17 heavy (non-hydrogen) atoms. The van der Waals surface area contributed by atoms with Crippen LogP contribution in [0.25, 0.3) is 0 Å². The zero-order valence-electron chi connectivity index (χ0n) is 9.25. The van der Waals surface area contributed by atoms with Crippen LogP contribution >= 0.6 is 0 Å². The lowest BCUT2D eigenvalue weighted by molar-refractivity contribution is 0.0999. The predicted octanol–water partition coefficient (Wildman–Crippen LogP) is -0.481. The minimum atomic E-state index is -3.44. The highest BCUT2D eigenvalue weighted by molar-refractivity contribution is 7.90. The number of amides is 1. The number of hydrogen-bond donors (Lipinski definition) is 2. The SMILES string of the molecule is CS(=O)(=O)c1cc([CH]CCO)c(C(N)=O)cn1. The first-order valence-corrected chi connectivity index (χ1v) is 6.69. The number of aromatic nitrogens is 1. The number of aliphatic hydroxyl groups is 1. The van der Waals surface area contributed by atoms with Crippen molar-refractivity contribution >= 4 is 15.7 Å². The molecule has 0 unspecified atom stereocenters. The van der Waals surface area contributed by atoms with Gasteiger partial charge in [0.25, 0.3) is 5.91 Å². The molecule has 1 amide bonds. The van der Waals surface area contributed by atoms with Gasteiger partial charge >= 0.3 is 0 Å². The number of pyridine rings is 1. The van der Waals surface area contributed by atoms with E-state index in [4.69, 9.17) is 10.8 Å². The third-order valence-corrected chi connectivity index (χ3v) is 3.03. The molecular weight excluding hydrogens is 244 g/mol. The van der Waals surface area contributed by atoms with Crippen LogP contribution in [0.2, 0.25) is 0 Å². The Kier molecular flexibility index (Phi) is 4.19. The van der Waals surface area contributed by atoms with Crippen molar-refractivity contribution < 1.29 is 18.3 Å². The van der Waals surface area contributed by atoms with Gasteiger partial charge in [0.1, 0.15) is 0 Å². The molecule has 0 spiro atoms. The van der Waals surface area contributed by atoms with Gasteiger partial charge < -0.3 is 10.8 Å². The van der Waals surface area contributed by atoms with Crippen LogP contribution in [0.4, 0.5) is 0 Å². The molecule has 3 N–H and O–H groups in total. The molecule has 0 aliphatic rings. The van der Waals surface area contributed by atoms with Crippen molar-refractivity contribution in [3.8, 4) is 0 Å². The smallest absolute Gasteiger partial charge is 0.250 e. The summed E-state index contributed by atoms with van der Waals surface area (Å²) >= 11 is 0. The maximum atomic E-state index is 11.3. The fourth-order valence-electron chi connectivity index (χ4n) is 1.25. The standard InChI is InChI=1S/C10H13N2O4S/c1-17(15,16)9-5-7(3-2-4-13)8(6-12-9)10(11)14/h3,5-6,13H,2,4H2,1H3,(H2,11,14). The van der Waals surface area contributed by atoms with E-state index in [1.54, 1.807) is 0 Å². The van der Waals surface area contributed by atoms with E-state index < -0.39 is 15.7 Å². The first-order valence-electron chi connectivity index (χ1n) is 4.80. The van der Waals surface area contributed by atoms with E-state index in [2.05, 4.69) is 4.98 Å². The Hall–Kier alpha value is -1.47. The average Bonchev–Trinajstić information content (AvgIpc) is 2.24. The highest BCUT2D eigenvalue weighted by atomic mass is 32.2. The van der Waals surface area contributed by atoms with Crippen molar-refractivity contribution in [1.29, 1.82) is 0 Å². The van der Waals surface area contributed by atoms with Crippen LogP contribution in [0.5, 0.6) is 0 Å². The van der Waals surface area contributed by atoms with Gasteiger partial charge in [0.05, 0.1) is 5.56 Å². The molecule has 0 aliphatic heterocycles. The van der Waals surface area contributed by atoms with Crippen molar-refractivity contribution in [2.45, 2.75) is 11.4 Å². The normalized spacial score (nSPS) is 11.4. The number of aliphatic hydroxyl groups excluding tert-OH is 1. The molecular formula is C10H13N2O4S. The van der Waals surface area contributed by atoms with Crippen LogP contribution in [-0.4, -0.2) is 37.3 Å². The van der Waals surface area contributed by atoms with Gasteiger partial charge in [-0.05, 0) is 24.5 Å². The third kappa shape index (κ3) is 3.50. The van der Waals surface area contributed by atoms with Gasteiger partial charge in [-0.1, -0.05) is 0 Å². The molecule has 0 bridgehead atoms. The lowest BCUT2D eigenvalue weighted by Gasteiger charge is -2.07. The number of carbonyl (C=O) groups is 1. The molecule has 0 atom stereocenters. The third-order valence-electron chi connectivity index (χ3n) is 2.05. The summed E-state index contributed by atoms with van der Waals surface area (Å²) in [5.41, 5.74) is 5.63. The molecule has 0 saturated carbocycles. The van der Waals surface area contributed by atoms with Crippen molar-refractivity contribution in [2.75, 3.05) is 12.9 Å². The summed E-state index contributed by atoms with van der Waals surface area (Å²) in [5, 5.41) is 8.57. The summed E-state index contributed by atoms with van der Waals surface area (Å²) in [4.78, 5) is 14.8. The molecule has 0 fully saturated rings. The highest BCUT2D eigenvalue weighted by Gasteiger charge is 2.15. The van der Waals surface area contributed by atoms with E-state index in [-0.39, 0.29) is 17.2 Å². The Bertz CT molecular complexity index is 525. The number of sulfone groups is 1. The molecule has 1 rings (SSSR count). The van der Waals surface area contributed by atoms with Crippen molar-refractivity contribution in [3.63, 3.8) is 0 Å². The number of rotatable bonds is 5. The van der Waals surface area contributed by atoms with Crippen LogP contribution < -0.4 is 5.73 Å². The molecule has 0 aromatic carbocycles. The lowest BCUT2D eigenvalue weighted by Crippen LogP contribution is -2.15. The number of nitrogens with zero attached hydrogens (tertiary/aromatic N) is 1. The fraction of sp³-hybridized carbons (Fsp3) is 0.300.